The first kappa shape index (κ1) is 16.8. The molecule has 0 aromatic heterocycles. The summed E-state index contributed by atoms with van der Waals surface area (Å²) in [6, 6.07) is -0.453. The van der Waals surface area contributed by atoms with Gasteiger partial charge >= 0.3 is 6.18 Å². The maximum absolute atomic E-state index is 12.6. The minimum Gasteiger partial charge on any atom is -0.352 e. The molecule has 20 heavy (non-hydrogen) atoms. The van der Waals surface area contributed by atoms with Crippen LogP contribution in [0.2, 0.25) is 0 Å². The highest BCUT2D eigenvalue weighted by molar-refractivity contribution is 5.84. The van der Waals surface area contributed by atoms with Crippen molar-refractivity contribution in [2.75, 3.05) is 6.54 Å². The molecule has 2 N–H and O–H groups in total. The van der Waals surface area contributed by atoms with Gasteiger partial charge in [-0.15, -0.1) is 0 Å². The van der Waals surface area contributed by atoms with E-state index in [2.05, 4.69) is 10.6 Å². The molecular weight excluding hydrogens is 273 g/mol. The topological polar surface area (TPSA) is 58.2 Å². The minimum absolute atomic E-state index is 0.0713. The molecule has 2 amide bonds. The molecule has 0 heterocycles. The van der Waals surface area contributed by atoms with Crippen molar-refractivity contribution in [3.05, 3.63) is 0 Å². The van der Waals surface area contributed by atoms with Crippen LogP contribution in [0.1, 0.15) is 45.4 Å². The quantitative estimate of drug-likeness (QED) is 0.816. The zero-order valence-corrected chi connectivity index (χ0v) is 11.6. The van der Waals surface area contributed by atoms with Gasteiger partial charge in [-0.25, -0.2) is 0 Å². The van der Waals surface area contributed by atoms with Gasteiger partial charge in [-0.3, -0.25) is 9.59 Å². The van der Waals surface area contributed by atoms with Gasteiger partial charge < -0.3 is 10.6 Å². The Balaban J connectivity index is 2.33. The van der Waals surface area contributed by atoms with Gasteiger partial charge in [0.25, 0.3) is 0 Å². The zero-order chi connectivity index (χ0) is 15.2. The third-order valence-electron chi connectivity index (χ3n) is 3.43. The maximum atomic E-state index is 12.6. The van der Waals surface area contributed by atoms with E-state index in [1.807, 2.05) is 6.92 Å². The molecule has 1 rings (SSSR count). The lowest BCUT2D eigenvalue weighted by atomic mass is 9.85. The summed E-state index contributed by atoms with van der Waals surface area (Å²) in [6.07, 6.45) is -2.10. The number of hydrogen-bond acceptors (Lipinski definition) is 2. The molecule has 0 spiro atoms. The van der Waals surface area contributed by atoms with Crippen molar-refractivity contribution in [3.8, 4) is 0 Å². The summed E-state index contributed by atoms with van der Waals surface area (Å²) in [5.74, 6) is -1.99. The Kier molecular flexibility index (Phi) is 6.29. The average Bonchev–Trinajstić information content (AvgIpc) is 2.36. The molecule has 2 atom stereocenters. The lowest BCUT2D eigenvalue weighted by Gasteiger charge is -2.31. The van der Waals surface area contributed by atoms with Gasteiger partial charge in [0.05, 0.1) is 12.5 Å². The highest BCUT2D eigenvalue weighted by Gasteiger charge is 2.42. The Morgan fingerprint density at radius 2 is 1.90 bits per heavy atom. The third-order valence-corrected chi connectivity index (χ3v) is 3.43. The van der Waals surface area contributed by atoms with Crippen LogP contribution in [0.25, 0.3) is 0 Å². The highest BCUT2D eigenvalue weighted by atomic mass is 19.4. The first-order valence-corrected chi connectivity index (χ1v) is 6.95. The molecule has 1 aliphatic carbocycles. The molecular formula is C13H21F3N2O2. The van der Waals surface area contributed by atoms with Crippen LogP contribution >= 0.6 is 0 Å². The van der Waals surface area contributed by atoms with E-state index >= 15 is 0 Å². The fourth-order valence-electron chi connectivity index (χ4n) is 2.39. The second kappa shape index (κ2) is 7.50. The van der Waals surface area contributed by atoms with Gasteiger partial charge in [0.1, 0.15) is 0 Å². The molecule has 2 unspecified atom stereocenters. The summed E-state index contributed by atoms with van der Waals surface area (Å²) >= 11 is 0. The predicted octanol–water partition coefficient (Wildman–Crippen LogP) is 2.14. The van der Waals surface area contributed by atoms with Crippen molar-refractivity contribution in [1.82, 2.24) is 10.6 Å². The number of carbonyl (C=O) groups is 2. The second-order valence-electron chi connectivity index (χ2n) is 5.20. The van der Waals surface area contributed by atoms with Crippen LogP contribution in [0.15, 0.2) is 0 Å². The predicted molar refractivity (Wildman–Crippen MR) is 67.9 cm³/mol. The number of carbonyl (C=O) groups excluding carboxylic acids is 2. The number of nitrogens with one attached hydrogen (secondary N) is 2. The molecule has 0 aromatic rings. The van der Waals surface area contributed by atoms with Crippen molar-refractivity contribution < 1.29 is 22.8 Å². The van der Waals surface area contributed by atoms with E-state index in [1.54, 1.807) is 0 Å². The van der Waals surface area contributed by atoms with Gasteiger partial charge in [-0.2, -0.15) is 13.2 Å². The maximum Gasteiger partial charge on any atom is 0.391 e. The van der Waals surface area contributed by atoms with E-state index in [-0.39, 0.29) is 25.3 Å². The van der Waals surface area contributed by atoms with E-state index < -0.39 is 24.0 Å². The van der Waals surface area contributed by atoms with E-state index in [4.69, 9.17) is 0 Å². The lowest BCUT2D eigenvalue weighted by molar-refractivity contribution is -0.184. The van der Waals surface area contributed by atoms with Crippen LogP contribution in [0, 0.1) is 5.92 Å². The first-order chi connectivity index (χ1) is 9.32. The second-order valence-corrected chi connectivity index (χ2v) is 5.20. The normalized spacial score (nSPS) is 23.2. The van der Waals surface area contributed by atoms with E-state index in [9.17, 15) is 22.8 Å². The summed E-state index contributed by atoms with van der Waals surface area (Å²) in [5, 5.41) is 5.01. The van der Waals surface area contributed by atoms with E-state index in [0.29, 0.717) is 25.7 Å². The van der Waals surface area contributed by atoms with Crippen LogP contribution in [0.5, 0.6) is 0 Å². The summed E-state index contributed by atoms with van der Waals surface area (Å²) in [4.78, 5) is 22.8. The minimum atomic E-state index is -4.20. The molecule has 7 heteroatoms. The Hall–Kier alpha value is -1.27. The Bertz CT molecular complexity index is 345. The van der Waals surface area contributed by atoms with Crippen LogP contribution < -0.4 is 10.6 Å². The smallest absolute Gasteiger partial charge is 0.352 e. The van der Waals surface area contributed by atoms with Crippen molar-refractivity contribution in [3.63, 3.8) is 0 Å². The fourth-order valence-corrected chi connectivity index (χ4v) is 2.39. The van der Waals surface area contributed by atoms with Crippen molar-refractivity contribution in [1.29, 1.82) is 0 Å². The number of rotatable bonds is 5. The number of alkyl halides is 3. The van der Waals surface area contributed by atoms with Crippen LogP contribution in [0.3, 0.4) is 0 Å². The van der Waals surface area contributed by atoms with Crippen molar-refractivity contribution in [2.24, 2.45) is 5.92 Å². The highest BCUT2D eigenvalue weighted by Crippen LogP contribution is 2.37. The van der Waals surface area contributed by atoms with Crippen molar-refractivity contribution in [2.45, 2.75) is 57.7 Å². The van der Waals surface area contributed by atoms with Gasteiger partial charge in [-0.1, -0.05) is 13.3 Å². The molecule has 4 nitrogen and oxygen atoms in total. The van der Waals surface area contributed by atoms with Crippen LogP contribution in [-0.2, 0) is 9.59 Å². The summed E-state index contributed by atoms with van der Waals surface area (Å²) in [6.45, 7) is 1.67. The number of amides is 2. The van der Waals surface area contributed by atoms with Crippen LogP contribution in [-0.4, -0.2) is 30.6 Å². The molecule has 1 fully saturated rings. The molecule has 116 valence electrons. The molecule has 0 radical (unpaired) electrons. The Morgan fingerprint density at radius 1 is 1.20 bits per heavy atom. The average molecular weight is 294 g/mol. The van der Waals surface area contributed by atoms with Gasteiger partial charge in [-0.05, 0) is 25.7 Å². The zero-order valence-electron chi connectivity index (χ0n) is 11.6. The van der Waals surface area contributed by atoms with Crippen molar-refractivity contribution >= 4 is 11.8 Å². The number of halogens is 3. The molecule has 1 saturated carbocycles. The standard InChI is InChI=1S/C13H21F3N2O2/c1-2-4-11(19)17-8-12(20)18-10-6-3-5-9(7-10)13(14,15)16/h9-10H,2-8H2,1H3,(H,17,19)(H,18,20). The summed E-state index contributed by atoms with van der Waals surface area (Å²) < 4.78 is 37.9. The number of hydrogen-bond donors (Lipinski definition) is 2. The van der Waals surface area contributed by atoms with Gasteiger partial charge in [0, 0.05) is 12.5 Å². The SMILES string of the molecule is CCCC(=O)NCC(=O)NC1CCCC(C(F)(F)F)C1. The van der Waals surface area contributed by atoms with E-state index in [0.717, 1.165) is 0 Å². The van der Waals surface area contributed by atoms with Gasteiger partial charge in [0.2, 0.25) is 11.8 Å². The molecule has 0 bridgehead atoms. The molecule has 1 aliphatic rings. The van der Waals surface area contributed by atoms with Crippen LogP contribution in [0.4, 0.5) is 13.2 Å². The third kappa shape index (κ3) is 5.79. The molecule has 0 saturated heterocycles. The monoisotopic (exact) mass is 294 g/mol. The lowest BCUT2D eigenvalue weighted by Crippen LogP contribution is -2.45. The largest absolute Gasteiger partial charge is 0.391 e. The van der Waals surface area contributed by atoms with Gasteiger partial charge in [0.15, 0.2) is 0 Å². The Labute approximate surface area is 116 Å². The molecule has 0 aliphatic heterocycles. The molecule has 0 aromatic carbocycles. The first-order valence-electron chi connectivity index (χ1n) is 6.95. The fraction of sp³-hybridized carbons (Fsp3) is 0.846. The summed E-state index contributed by atoms with van der Waals surface area (Å²) in [7, 11) is 0. The summed E-state index contributed by atoms with van der Waals surface area (Å²) in [5.41, 5.74) is 0. The Morgan fingerprint density at radius 3 is 2.50 bits per heavy atom. The van der Waals surface area contributed by atoms with E-state index in [1.165, 1.54) is 0 Å².